The molecule has 0 radical (unpaired) electrons. The number of ether oxygens (including phenoxy) is 1. The molecule has 0 amide bonds. The summed E-state index contributed by atoms with van der Waals surface area (Å²) in [6.07, 6.45) is -9.12. The Hall–Kier alpha value is -4.30. The number of rotatable bonds is 7. The van der Waals surface area contributed by atoms with Gasteiger partial charge in [0.2, 0.25) is 11.9 Å². The fourth-order valence-corrected chi connectivity index (χ4v) is 2.93. The summed E-state index contributed by atoms with van der Waals surface area (Å²) in [7, 11) is 0. The predicted octanol–water partition coefficient (Wildman–Crippen LogP) is 4.36. The Balaban J connectivity index is 1.55. The standard InChI is InChI=1S/C20H15F6N7O2/c21-19(22,23)9-35-18-32-15(27-8-10-1-3-11(4-2-10)20(24,25)26)31-16(33-18)28-12-5-6-13-14(7-12)30-17(34)29-13/h1-7H,8-9H2,(H2,29,30,34)(H2,27,28,31,32,33). The van der Waals surface area contributed by atoms with Gasteiger partial charge in [0.25, 0.3) is 0 Å². The zero-order chi connectivity index (χ0) is 25.2. The largest absolute Gasteiger partial charge is 0.454 e. The van der Waals surface area contributed by atoms with Crippen LogP contribution in [0.1, 0.15) is 11.1 Å². The third-order valence-corrected chi connectivity index (χ3v) is 4.48. The fourth-order valence-electron chi connectivity index (χ4n) is 2.93. The van der Waals surface area contributed by atoms with Gasteiger partial charge < -0.3 is 25.3 Å². The highest BCUT2D eigenvalue weighted by Crippen LogP contribution is 2.29. The molecule has 0 spiro atoms. The predicted molar refractivity (Wildman–Crippen MR) is 112 cm³/mol. The van der Waals surface area contributed by atoms with E-state index in [1.54, 1.807) is 18.2 Å². The Kier molecular flexibility index (Phi) is 6.24. The molecule has 35 heavy (non-hydrogen) atoms. The van der Waals surface area contributed by atoms with Crippen LogP contribution in [0, 0.1) is 0 Å². The number of nitrogens with zero attached hydrogens (tertiary/aromatic N) is 3. The van der Waals surface area contributed by atoms with Crippen molar-refractivity contribution in [2.45, 2.75) is 18.9 Å². The maximum atomic E-state index is 12.7. The summed E-state index contributed by atoms with van der Waals surface area (Å²) in [5.41, 5.74) is 0.584. The molecule has 15 heteroatoms. The van der Waals surface area contributed by atoms with Crippen LogP contribution in [0.3, 0.4) is 0 Å². The smallest absolute Gasteiger partial charge is 0.422 e. The molecule has 0 unspecified atom stereocenters. The summed E-state index contributed by atoms with van der Waals surface area (Å²) in [6, 6.07) is 8.35. The molecule has 4 N–H and O–H groups in total. The third-order valence-electron chi connectivity index (χ3n) is 4.48. The van der Waals surface area contributed by atoms with Crippen molar-refractivity contribution in [2.24, 2.45) is 0 Å². The number of benzene rings is 2. The van der Waals surface area contributed by atoms with Crippen LogP contribution in [-0.4, -0.2) is 37.7 Å². The Morgan fingerprint density at radius 3 is 2.23 bits per heavy atom. The minimum atomic E-state index is -4.64. The van der Waals surface area contributed by atoms with Gasteiger partial charge in [-0.2, -0.15) is 41.3 Å². The first-order valence-corrected chi connectivity index (χ1v) is 9.79. The fraction of sp³-hybridized carbons (Fsp3) is 0.200. The number of anilines is 3. The number of hydrogen-bond donors (Lipinski definition) is 4. The van der Waals surface area contributed by atoms with Crippen LogP contribution >= 0.6 is 0 Å². The highest BCUT2D eigenvalue weighted by Gasteiger charge is 2.30. The summed E-state index contributed by atoms with van der Waals surface area (Å²) in [5.74, 6) is -0.361. The van der Waals surface area contributed by atoms with Gasteiger partial charge in [-0.25, -0.2) is 4.79 Å². The van der Waals surface area contributed by atoms with Crippen molar-refractivity contribution in [2.75, 3.05) is 17.2 Å². The van der Waals surface area contributed by atoms with E-state index < -0.39 is 36.2 Å². The molecule has 0 fully saturated rings. The maximum Gasteiger partial charge on any atom is 0.422 e. The van der Waals surface area contributed by atoms with Crippen molar-refractivity contribution in [3.05, 3.63) is 64.1 Å². The van der Waals surface area contributed by atoms with E-state index in [9.17, 15) is 31.1 Å². The normalized spacial score (nSPS) is 12.1. The van der Waals surface area contributed by atoms with Gasteiger partial charge in [-0.3, -0.25) is 0 Å². The van der Waals surface area contributed by atoms with Crippen molar-refractivity contribution < 1.29 is 31.1 Å². The zero-order valence-electron chi connectivity index (χ0n) is 17.4. The molecule has 0 aliphatic rings. The molecular weight excluding hydrogens is 484 g/mol. The first-order chi connectivity index (χ1) is 16.4. The monoisotopic (exact) mass is 499 g/mol. The van der Waals surface area contributed by atoms with E-state index in [1.165, 1.54) is 12.1 Å². The van der Waals surface area contributed by atoms with E-state index in [0.717, 1.165) is 12.1 Å². The summed E-state index contributed by atoms with van der Waals surface area (Å²) in [6.45, 7) is -1.68. The van der Waals surface area contributed by atoms with Crippen molar-refractivity contribution in [3.8, 4) is 6.01 Å². The molecule has 0 saturated heterocycles. The summed E-state index contributed by atoms with van der Waals surface area (Å²) >= 11 is 0. The van der Waals surface area contributed by atoms with E-state index in [0.29, 0.717) is 22.3 Å². The molecule has 0 atom stereocenters. The third kappa shape index (κ3) is 6.39. The number of hydrogen-bond acceptors (Lipinski definition) is 7. The number of H-pyrrole nitrogens is 2. The van der Waals surface area contributed by atoms with Crippen LogP contribution in [-0.2, 0) is 12.7 Å². The second kappa shape index (κ2) is 9.15. The van der Waals surface area contributed by atoms with Gasteiger partial charge in [0.1, 0.15) is 0 Å². The second-order valence-electron chi connectivity index (χ2n) is 7.18. The van der Waals surface area contributed by atoms with Crippen molar-refractivity contribution in [1.29, 1.82) is 0 Å². The molecule has 0 bridgehead atoms. The lowest BCUT2D eigenvalue weighted by Gasteiger charge is -2.12. The second-order valence-corrected chi connectivity index (χ2v) is 7.18. The van der Waals surface area contributed by atoms with Crippen LogP contribution in [0.25, 0.3) is 11.0 Å². The first-order valence-electron chi connectivity index (χ1n) is 9.79. The van der Waals surface area contributed by atoms with Crippen LogP contribution in [0.2, 0.25) is 0 Å². The van der Waals surface area contributed by atoms with Gasteiger partial charge in [0.15, 0.2) is 6.61 Å². The van der Waals surface area contributed by atoms with Crippen LogP contribution in [0.5, 0.6) is 6.01 Å². The number of halogens is 6. The van der Waals surface area contributed by atoms with Crippen LogP contribution in [0.4, 0.5) is 43.9 Å². The topological polar surface area (TPSA) is 121 Å². The Labute approximate surface area is 191 Å². The zero-order valence-corrected chi connectivity index (χ0v) is 17.4. The molecule has 2 aromatic heterocycles. The molecular formula is C20H15F6N7O2. The molecule has 4 rings (SSSR count). The van der Waals surface area contributed by atoms with Crippen molar-refractivity contribution >= 4 is 28.6 Å². The van der Waals surface area contributed by atoms with Gasteiger partial charge in [-0.15, -0.1) is 0 Å². The van der Waals surface area contributed by atoms with E-state index in [1.807, 2.05) is 0 Å². The quantitative estimate of drug-likeness (QED) is 0.279. The Morgan fingerprint density at radius 1 is 0.857 bits per heavy atom. The average Bonchev–Trinajstić information content (AvgIpc) is 3.15. The lowest BCUT2D eigenvalue weighted by Crippen LogP contribution is -2.21. The number of fused-ring (bicyclic) bond motifs is 1. The van der Waals surface area contributed by atoms with Crippen molar-refractivity contribution in [1.82, 2.24) is 24.9 Å². The van der Waals surface area contributed by atoms with Gasteiger partial charge >= 0.3 is 24.1 Å². The molecule has 9 nitrogen and oxygen atoms in total. The first kappa shape index (κ1) is 23.8. The highest BCUT2D eigenvalue weighted by atomic mass is 19.4. The number of imidazole rings is 1. The Morgan fingerprint density at radius 2 is 1.54 bits per heavy atom. The SMILES string of the molecule is O=c1[nH]c2ccc(Nc3nc(NCc4ccc(C(F)(F)F)cc4)nc(OCC(F)(F)F)n3)cc2[nH]1. The molecule has 184 valence electrons. The summed E-state index contributed by atoms with van der Waals surface area (Å²) in [4.78, 5) is 28.2. The summed E-state index contributed by atoms with van der Waals surface area (Å²) < 4.78 is 80.5. The molecule has 0 aliphatic heterocycles. The van der Waals surface area contributed by atoms with E-state index in [4.69, 9.17) is 0 Å². The minimum Gasteiger partial charge on any atom is -0.454 e. The molecule has 2 heterocycles. The number of alkyl halides is 6. The molecule has 2 aromatic carbocycles. The molecule has 0 saturated carbocycles. The highest BCUT2D eigenvalue weighted by molar-refractivity contribution is 5.79. The number of aromatic amines is 2. The van der Waals surface area contributed by atoms with E-state index in [2.05, 4.69) is 40.3 Å². The molecule has 0 aliphatic carbocycles. The molecule has 4 aromatic rings. The maximum absolute atomic E-state index is 12.7. The van der Waals surface area contributed by atoms with Crippen molar-refractivity contribution in [3.63, 3.8) is 0 Å². The van der Waals surface area contributed by atoms with Crippen LogP contribution in [0.15, 0.2) is 47.3 Å². The average molecular weight is 499 g/mol. The van der Waals surface area contributed by atoms with Gasteiger partial charge in [-0.1, -0.05) is 12.1 Å². The number of nitrogens with one attached hydrogen (secondary N) is 4. The summed E-state index contributed by atoms with van der Waals surface area (Å²) in [5, 5.41) is 5.50. The van der Waals surface area contributed by atoms with Gasteiger partial charge in [0, 0.05) is 12.2 Å². The Bertz CT molecular complexity index is 1380. The lowest BCUT2D eigenvalue weighted by molar-refractivity contribution is -0.154. The lowest BCUT2D eigenvalue weighted by atomic mass is 10.1. The minimum absolute atomic E-state index is 0.0309. The van der Waals surface area contributed by atoms with E-state index in [-0.39, 0.29) is 18.4 Å². The van der Waals surface area contributed by atoms with Gasteiger partial charge in [0.05, 0.1) is 16.6 Å². The number of aromatic nitrogens is 5. The van der Waals surface area contributed by atoms with Gasteiger partial charge in [-0.05, 0) is 35.9 Å². The van der Waals surface area contributed by atoms with E-state index >= 15 is 0 Å². The van der Waals surface area contributed by atoms with Crippen LogP contribution < -0.4 is 21.1 Å².